The average Bonchev–Trinajstić information content (AvgIpc) is 2.68. The van der Waals surface area contributed by atoms with Crippen LogP contribution >= 0.6 is 11.8 Å². The van der Waals surface area contributed by atoms with E-state index in [2.05, 4.69) is 24.0 Å². The summed E-state index contributed by atoms with van der Waals surface area (Å²) in [6, 6.07) is 0.287. The Labute approximate surface area is 100 Å². The Balaban J connectivity index is 2.75. The summed E-state index contributed by atoms with van der Waals surface area (Å²) in [5.41, 5.74) is 5.60. The van der Waals surface area contributed by atoms with Crippen LogP contribution in [-0.4, -0.2) is 31.7 Å². The largest absolute Gasteiger partial charge is 0.392 e. The van der Waals surface area contributed by atoms with Crippen molar-refractivity contribution in [3.05, 3.63) is 5.82 Å². The predicted molar refractivity (Wildman–Crippen MR) is 65.3 cm³/mol. The summed E-state index contributed by atoms with van der Waals surface area (Å²) in [5.74, 6) is 1.44. The standard InChI is InChI=1S/C10H20N4OS/c1-4-8(15)6-16-10-13-12-9(5-11)14(10)7(2)3/h7-8,15H,4-6,11H2,1-3H3. The zero-order chi connectivity index (χ0) is 12.1. The van der Waals surface area contributed by atoms with Crippen molar-refractivity contribution in [2.45, 2.75) is 51.0 Å². The van der Waals surface area contributed by atoms with Crippen LogP contribution in [0.25, 0.3) is 0 Å². The first-order valence-electron chi connectivity index (χ1n) is 5.54. The summed E-state index contributed by atoms with van der Waals surface area (Å²) in [5, 5.41) is 18.5. The van der Waals surface area contributed by atoms with E-state index in [1.165, 1.54) is 11.8 Å². The number of hydrogen-bond acceptors (Lipinski definition) is 5. The Bertz CT molecular complexity index is 327. The number of aromatic nitrogens is 3. The third-order valence-electron chi connectivity index (χ3n) is 2.31. The Morgan fingerprint density at radius 1 is 1.44 bits per heavy atom. The van der Waals surface area contributed by atoms with E-state index in [1.807, 2.05) is 11.5 Å². The van der Waals surface area contributed by atoms with Crippen LogP contribution in [0.4, 0.5) is 0 Å². The topological polar surface area (TPSA) is 77.0 Å². The lowest BCUT2D eigenvalue weighted by Crippen LogP contribution is -2.13. The molecule has 0 saturated heterocycles. The van der Waals surface area contributed by atoms with Crippen LogP contribution in [0.15, 0.2) is 5.16 Å². The maximum atomic E-state index is 9.51. The van der Waals surface area contributed by atoms with Crippen molar-refractivity contribution in [2.75, 3.05) is 5.75 Å². The molecule has 0 amide bonds. The molecule has 6 heteroatoms. The Kier molecular flexibility index (Phi) is 5.24. The molecule has 1 heterocycles. The summed E-state index contributed by atoms with van der Waals surface area (Å²) < 4.78 is 2.02. The van der Waals surface area contributed by atoms with Gasteiger partial charge in [-0.3, -0.25) is 0 Å². The maximum absolute atomic E-state index is 9.51. The molecule has 3 N–H and O–H groups in total. The van der Waals surface area contributed by atoms with Crippen molar-refractivity contribution < 1.29 is 5.11 Å². The van der Waals surface area contributed by atoms with Gasteiger partial charge in [0.05, 0.1) is 12.6 Å². The third-order valence-corrected chi connectivity index (χ3v) is 3.40. The van der Waals surface area contributed by atoms with E-state index in [0.29, 0.717) is 12.3 Å². The number of nitrogens with two attached hydrogens (primary N) is 1. The smallest absolute Gasteiger partial charge is 0.191 e. The van der Waals surface area contributed by atoms with Gasteiger partial charge in [0.15, 0.2) is 5.16 Å². The van der Waals surface area contributed by atoms with Crippen molar-refractivity contribution >= 4 is 11.8 Å². The van der Waals surface area contributed by atoms with Gasteiger partial charge >= 0.3 is 0 Å². The first kappa shape index (κ1) is 13.5. The van der Waals surface area contributed by atoms with Crippen LogP contribution in [-0.2, 0) is 6.54 Å². The summed E-state index contributed by atoms with van der Waals surface area (Å²) >= 11 is 1.53. The molecule has 1 unspecified atom stereocenters. The summed E-state index contributed by atoms with van der Waals surface area (Å²) in [6.07, 6.45) is 0.468. The molecule has 0 fully saturated rings. The number of hydrogen-bond donors (Lipinski definition) is 2. The number of rotatable bonds is 6. The predicted octanol–water partition coefficient (Wildman–Crippen LogP) is 1.18. The van der Waals surface area contributed by atoms with E-state index in [9.17, 15) is 5.11 Å². The van der Waals surface area contributed by atoms with Gasteiger partial charge < -0.3 is 15.4 Å². The van der Waals surface area contributed by atoms with Gasteiger partial charge in [0.1, 0.15) is 5.82 Å². The molecule has 0 spiro atoms. The van der Waals surface area contributed by atoms with Crippen molar-refractivity contribution in [1.82, 2.24) is 14.8 Å². The second kappa shape index (κ2) is 6.22. The van der Waals surface area contributed by atoms with Gasteiger partial charge in [-0.1, -0.05) is 18.7 Å². The minimum atomic E-state index is -0.288. The fraction of sp³-hybridized carbons (Fsp3) is 0.800. The van der Waals surface area contributed by atoms with Gasteiger partial charge in [-0.25, -0.2) is 0 Å². The molecule has 0 saturated carbocycles. The van der Waals surface area contributed by atoms with Crippen molar-refractivity contribution in [1.29, 1.82) is 0 Å². The molecule has 16 heavy (non-hydrogen) atoms. The number of nitrogens with zero attached hydrogens (tertiary/aromatic N) is 3. The van der Waals surface area contributed by atoms with Gasteiger partial charge in [-0.15, -0.1) is 10.2 Å². The van der Waals surface area contributed by atoms with Gasteiger partial charge in [0.25, 0.3) is 0 Å². The van der Waals surface area contributed by atoms with Crippen LogP contribution in [0, 0.1) is 0 Å². The molecule has 1 aromatic rings. The van der Waals surface area contributed by atoms with Crippen LogP contribution < -0.4 is 5.73 Å². The van der Waals surface area contributed by atoms with Crippen LogP contribution in [0.2, 0.25) is 0 Å². The molecule has 1 aromatic heterocycles. The fourth-order valence-electron chi connectivity index (χ4n) is 1.35. The second-order valence-electron chi connectivity index (χ2n) is 3.94. The maximum Gasteiger partial charge on any atom is 0.191 e. The lowest BCUT2D eigenvalue weighted by molar-refractivity contribution is 0.195. The molecular weight excluding hydrogens is 224 g/mol. The van der Waals surface area contributed by atoms with Gasteiger partial charge in [-0.05, 0) is 20.3 Å². The molecule has 92 valence electrons. The van der Waals surface area contributed by atoms with Crippen LogP contribution in [0.5, 0.6) is 0 Å². The minimum absolute atomic E-state index is 0.287. The highest BCUT2D eigenvalue weighted by Gasteiger charge is 2.14. The first-order valence-corrected chi connectivity index (χ1v) is 6.53. The van der Waals surface area contributed by atoms with E-state index < -0.39 is 0 Å². The van der Waals surface area contributed by atoms with Gasteiger partial charge in [0.2, 0.25) is 0 Å². The summed E-state index contributed by atoms with van der Waals surface area (Å²) in [4.78, 5) is 0. The molecule has 0 aliphatic rings. The van der Waals surface area contributed by atoms with E-state index in [-0.39, 0.29) is 12.1 Å². The SMILES string of the molecule is CCC(O)CSc1nnc(CN)n1C(C)C. The highest BCUT2D eigenvalue weighted by Crippen LogP contribution is 2.22. The quantitative estimate of drug-likeness (QED) is 0.735. The highest BCUT2D eigenvalue weighted by molar-refractivity contribution is 7.99. The van der Waals surface area contributed by atoms with E-state index in [4.69, 9.17) is 5.73 Å². The molecule has 1 rings (SSSR count). The molecule has 0 aromatic carbocycles. The fourth-order valence-corrected chi connectivity index (χ4v) is 2.48. The Hall–Kier alpha value is -0.590. The van der Waals surface area contributed by atoms with E-state index in [1.54, 1.807) is 0 Å². The highest BCUT2D eigenvalue weighted by atomic mass is 32.2. The van der Waals surface area contributed by atoms with E-state index in [0.717, 1.165) is 17.4 Å². The van der Waals surface area contributed by atoms with Crippen molar-refractivity contribution in [3.8, 4) is 0 Å². The molecule has 1 atom stereocenters. The lowest BCUT2D eigenvalue weighted by Gasteiger charge is -2.13. The van der Waals surface area contributed by atoms with Gasteiger partial charge in [-0.2, -0.15) is 0 Å². The molecule has 0 bridgehead atoms. The third kappa shape index (κ3) is 3.20. The average molecular weight is 244 g/mol. The van der Waals surface area contributed by atoms with Crippen molar-refractivity contribution in [3.63, 3.8) is 0 Å². The number of aliphatic hydroxyl groups is 1. The summed E-state index contributed by atoms with van der Waals surface area (Å²) in [6.45, 7) is 6.50. The molecular formula is C10H20N4OS. The Morgan fingerprint density at radius 2 is 2.12 bits per heavy atom. The Morgan fingerprint density at radius 3 is 2.62 bits per heavy atom. The molecule has 5 nitrogen and oxygen atoms in total. The first-order chi connectivity index (χ1) is 7.60. The molecule has 0 aliphatic carbocycles. The zero-order valence-corrected chi connectivity index (χ0v) is 10.9. The van der Waals surface area contributed by atoms with Crippen molar-refractivity contribution in [2.24, 2.45) is 5.73 Å². The normalized spacial score (nSPS) is 13.4. The minimum Gasteiger partial charge on any atom is -0.392 e. The number of aliphatic hydroxyl groups excluding tert-OH is 1. The summed E-state index contributed by atoms with van der Waals surface area (Å²) in [7, 11) is 0. The van der Waals surface area contributed by atoms with Crippen LogP contribution in [0.3, 0.4) is 0 Å². The molecule has 0 radical (unpaired) electrons. The number of thioether (sulfide) groups is 1. The second-order valence-corrected chi connectivity index (χ2v) is 4.93. The zero-order valence-electron chi connectivity index (χ0n) is 10.1. The van der Waals surface area contributed by atoms with E-state index >= 15 is 0 Å². The van der Waals surface area contributed by atoms with Crippen LogP contribution in [0.1, 0.15) is 39.1 Å². The lowest BCUT2D eigenvalue weighted by atomic mass is 10.3. The molecule has 0 aliphatic heterocycles. The monoisotopic (exact) mass is 244 g/mol. The van der Waals surface area contributed by atoms with Gasteiger partial charge in [0, 0.05) is 11.8 Å².